The molecular formula is C20H29N5O4S. The number of H-pyrrole nitrogens is 1. The number of aromatic amines is 1. The highest BCUT2D eigenvalue weighted by molar-refractivity contribution is 7.89. The van der Waals surface area contributed by atoms with Gasteiger partial charge in [0, 0.05) is 18.8 Å². The third-order valence-electron chi connectivity index (χ3n) is 4.79. The highest BCUT2D eigenvalue weighted by Gasteiger charge is 2.21. The van der Waals surface area contributed by atoms with E-state index in [4.69, 9.17) is 5.73 Å². The third kappa shape index (κ3) is 6.68. The van der Waals surface area contributed by atoms with Gasteiger partial charge in [-0.3, -0.25) is 14.5 Å². The maximum absolute atomic E-state index is 12.6. The van der Waals surface area contributed by atoms with E-state index in [2.05, 4.69) is 45.9 Å². The number of benzene rings is 1. The Morgan fingerprint density at radius 3 is 2.43 bits per heavy atom. The van der Waals surface area contributed by atoms with Crippen LogP contribution in [0.5, 0.6) is 0 Å². The van der Waals surface area contributed by atoms with Crippen LogP contribution in [0, 0.1) is 0 Å². The summed E-state index contributed by atoms with van der Waals surface area (Å²) >= 11 is 0. The fourth-order valence-electron chi connectivity index (χ4n) is 3.17. The molecule has 0 aliphatic rings. The van der Waals surface area contributed by atoms with Gasteiger partial charge in [0.05, 0.1) is 6.54 Å². The smallest absolute Gasteiger partial charge is 0.267 e. The molecule has 10 heteroatoms. The molecular weight excluding hydrogens is 406 g/mol. The van der Waals surface area contributed by atoms with E-state index in [9.17, 15) is 18.0 Å². The van der Waals surface area contributed by atoms with Crippen molar-refractivity contribution in [1.29, 1.82) is 0 Å². The predicted molar refractivity (Wildman–Crippen MR) is 114 cm³/mol. The highest BCUT2D eigenvalue weighted by Crippen LogP contribution is 2.12. The summed E-state index contributed by atoms with van der Waals surface area (Å²) in [6.45, 7) is 5.74. The number of likely N-dealkylation sites (N-methyl/N-ethyl adjacent to an activating group) is 1. The predicted octanol–water partition coefficient (Wildman–Crippen LogP) is 0.461. The first-order valence-electron chi connectivity index (χ1n) is 9.79. The van der Waals surface area contributed by atoms with Gasteiger partial charge in [0.25, 0.3) is 5.91 Å². The molecule has 0 aliphatic heterocycles. The Bertz CT molecular complexity index is 939. The lowest BCUT2D eigenvalue weighted by atomic mass is 10.0. The van der Waals surface area contributed by atoms with Crippen molar-refractivity contribution in [2.75, 3.05) is 26.2 Å². The zero-order chi connectivity index (χ0) is 22.1. The van der Waals surface area contributed by atoms with E-state index >= 15 is 0 Å². The van der Waals surface area contributed by atoms with E-state index in [1.165, 1.54) is 17.8 Å². The van der Waals surface area contributed by atoms with Gasteiger partial charge < -0.3 is 16.0 Å². The average Bonchev–Trinajstić information content (AvgIpc) is 3.23. The summed E-state index contributed by atoms with van der Waals surface area (Å²) in [5.74, 6) is -1.20. The van der Waals surface area contributed by atoms with Gasteiger partial charge in [-0.15, -0.1) is 0 Å². The normalized spacial score (nSPS) is 12.6. The van der Waals surface area contributed by atoms with Crippen molar-refractivity contribution in [2.45, 2.75) is 31.2 Å². The SMILES string of the molecule is CCN(CC)[C@H](CNC(=O)c1cc(S(=O)(=O)NCC(N)=O)c[nH]1)Cc1ccccc1. The Morgan fingerprint density at radius 2 is 1.83 bits per heavy atom. The van der Waals surface area contributed by atoms with E-state index in [1.54, 1.807) is 0 Å². The average molecular weight is 436 g/mol. The van der Waals surface area contributed by atoms with E-state index in [1.807, 2.05) is 18.2 Å². The summed E-state index contributed by atoms with van der Waals surface area (Å²) in [4.78, 5) is 28.1. The first kappa shape index (κ1) is 23.6. The molecule has 0 saturated heterocycles. The van der Waals surface area contributed by atoms with Gasteiger partial charge in [0.2, 0.25) is 15.9 Å². The van der Waals surface area contributed by atoms with Crippen molar-refractivity contribution in [2.24, 2.45) is 5.73 Å². The summed E-state index contributed by atoms with van der Waals surface area (Å²) in [6.07, 6.45) is 1.98. The molecule has 0 unspecified atom stereocenters. The van der Waals surface area contributed by atoms with Crippen molar-refractivity contribution < 1.29 is 18.0 Å². The molecule has 164 valence electrons. The van der Waals surface area contributed by atoms with Crippen LogP contribution in [0.2, 0.25) is 0 Å². The molecule has 30 heavy (non-hydrogen) atoms. The van der Waals surface area contributed by atoms with E-state index in [0.29, 0.717) is 6.54 Å². The number of nitrogens with zero attached hydrogens (tertiary/aromatic N) is 1. The molecule has 0 radical (unpaired) electrons. The molecule has 1 aromatic carbocycles. The number of amides is 2. The number of carbonyl (C=O) groups excluding carboxylic acids is 2. The lowest BCUT2D eigenvalue weighted by Crippen LogP contribution is -2.45. The molecule has 2 aromatic rings. The number of sulfonamides is 1. The topological polar surface area (TPSA) is 137 Å². The van der Waals surface area contributed by atoms with Crippen LogP contribution in [0.25, 0.3) is 0 Å². The summed E-state index contributed by atoms with van der Waals surface area (Å²) in [5, 5.41) is 2.88. The Hall–Kier alpha value is -2.69. The van der Waals surface area contributed by atoms with Crippen LogP contribution in [0.3, 0.4) is 0 Å². The van der Waals surface area contributed by atoms with Gasteiger partial charge in [0.15, 0.2) is 0 Å². The monoisotopic (exact) mass is 435 g/mol. The van der Waals surface area contributed by atoms with E-state index in [0.717, 1.165) is 19.5 Å². The van der Waals surface area contributed by atoms with Crippen molar-refractivity contribution in [1.82, 2.24) is 19.9 Å². The fourth-order valence-corrected chi connectivity index (χ4v) is 4.16. The zero-order valence-corrected chi connectivity index (χ0v) is 18.0. The van der Waals surface area contributed by atoms with Crippen LogP contribution in [0.1, 0.15) is 29.9 Å². The largest absolute Gasteiger partial charge is 0.369 e. The maximum Gasteiger partial charge on any atom is 0.267 e. The summed E-state index contributed by atoms with van der Waals surface area (Å²) in [5.41, 5.74) is 6.26. The van der Waals surface area contributed by atoms with Crippen molar-refractivity contribution in [3.8, 4) is 0 Å². The molecule has 2 rings (SSSR count). The second-order valence-corrected chi connectivity index (χ2v) is 8.58. The Balaban J connectivity index is 2.04. The Kier molecular flexibility index (Phi) is 8.58. The maximum atomic E-state index is 12.6. The molecule has 1 aromatic heterocycles. The van der Waals surface area contributed by atoms with Crippen LogP contribution in [0.15, 0.2) is 47.5 Å². The quantitative estimate of drug-likeness (QED) is 0.384. The number of hydrogen-bond acceptors (Lipinski definition) is 5. The molecule has 0 aliphatic carbocycles. The minimum Gasteiger partial charge on any atom is -0.369 e. The number of aromatic nitrogens is 1. The van der Waals surface area contributed by atoms with Gasteiger partial charge in [-0.05, 0) is 31.1 Å². The second kappa shape index (κ2) is 10.9. The summed E-state index contributed by atoms with van der Waals surface area (Å²) in [7, 11) is -3.93. The van der Waals surface area contributed by atoms with Crippen LogP contribution in [0.4, 0.5) is 0 Å². The number of carbonyl (C=O) groups is 2. The van der Waals surface area contributed by atoms with Crippen molar-refractivity contribution in [3.05, 3.63) is 53.9 Å². The van der Waals surface area contributed by atoms with Gasteiger partial charge in [-0.25, -0.2) is 13.1 Å². The van der Waals surface area contributed by atoms with Crippen molar-refractivity contribution in [3.63, 3.8) is 0 Å². The summed E-state index contributed by atoms with van der Waals surface area (Å²) < 4.78 is 26.3. The minimum absolute atomic E-state index is 0.0988. The Labute approximate surface area is 177 Å². The van der Waals surface area contributed by atoms with Crippen LogP contribution < -0.4 is 15.8 Å². The van der Waals surface area contributed by atoms with Crippen molar-refractivity contribution >= 4 is 21.8 Å². The molecule has 0 fully saturated rings. The Morgan fingerprint density at radius 1 is 1.17 bits per heavy atom. The third-order valence-corrected chi connectivity index (χ3v) is 6.17. The molecule has 1 atom stereocenters. The standard InChI is InChI=1S/C20H29N5O4S/c1-3-25(4-2)16(10-15-8-6-5-7-9-15)12-23-20(27)18-11-17(13-22-18)30(28,29)24-14-19(21)26/h5-9,11,13,16,22,24H,3-4,10,12,14H2,1-2H3,(H2,21,26)(H,23,27)/t16-/m0/s1. The highest BCUT2D eigenvalue weighted by atomic mass is 32.2. The first-order chi connectivity index (χ1) is 14.3. The van der Waals surface area contributed by atoms with Gasteiger partial charge in [-0.1, -0.05) is 44.2 Å². The van der Waals surface area contributed by atoms with Gasteiger partial charge in [0.1, 0.15) is 10.6 Å². The number of nitrogens with two attached hydrogens (primary N) is 1. The second-order valence-electron chi connectivity index (χ2n) is 6.81. The molecule has 9 nitrogen and oxygen atoms in total. The fraction of sp³-hybridized carbons (Fsp3) is 0.400. The lowest BCUT2D eigenvalue weighted by molar-refractivity contribution is -0.116. The number of rotatable bonds is 12. The number of primary amides is 1. The molecule has 0 bridgehead atoms. The van der Waals surface area contributed by atoms with Gasteiger partial charge in [-0.2, -0.15) is 0 Å². The molecule has 0 spiro atoms. The molecule has 2 amide bonds. The summed E-state index contributed by atoms with van der Waals surface area (Å²) in [6, 6.07) is 11.4. The van der Waals surface area contributed by atoms with E-state index < -0.39 is 28.4 Å². The minimum atomic E-state index is -3.93. The first-order valence-corrected chi connectivity index (χ1v) is 11.3. The number of nitrogens with one attached hydrogen (secondary N) is 3. The van der Waals surface area contributed by atoms with Gasteiger partial charge >= 0.3 is 0 Å². The lowest BCUT2D eigenvalue weighted by Gasteiger charge is -2.30. The van der Waals surface area contributed by atoms with Crippen LogP contribution >= 0.6 is 0 Å². The van der Waals surface area contributed by atoms with Crippen LogP contribution in [-0.2, 0) is 21.2 Å². The molecule has 5 N–H and O–H groups in total. The molecule has 0 saturated carbocycles. The number of hydrogen-bond donors (Lipinski definition) is 4. The van der Waals surface area contributed by atoms with E-state index in [-0.39, 0.29) is 16.6 Å². The zero-order valence-electron chi connectivity index (χ0n) is 17.2. The molecule has 1 heterocycles. The van der Waals surface area contributed by atoms with Crippen LogP contribution in [-0.4, -0.2) is 62.3 Å².